The van der Waals surface area contributed by atoms with E-state index >= 15 is 0 Å². The smallest absolute Gasteiger partial charge is 0.229 e. The lowest BCUT2D eigenvalue weighted by Gasteiger charge is -2.30. The second-order valence-electron chi connectivity index (χ2n) is 32.0. The molecule has 0 N–H and O–H groups in total. The number of imide groups is 2. The summed E-state index contributed by atoms with van der Waals surface area (Å²) in [5.74, 6) is 0.772. The SMILES string of the molecule is CC(C)Cc1ccc(F)cc1.CC(C)N1C(=O)CCC1=O.CC(C)N1C(=O)CCCC1=O.CC(C)N1CCCC1=O.CC(C)N1CCCCC1=O.CC(C)N1CCCS1(=O)=O.CC(C)OCc1ccc(F)cc1.CC(C)Oc1ccc(F)cc1.CC(C)S(=O)(=O)c1ccc(F)cc1.CC(C)S(=O)c1ccc(F)cc1.CC(C)Sc1ccc(F)cc1. The van der Waals surface area contributed by atoms with E-state index in [-0.39, 0.29) is 93.2 Å². The molecule has 18 nitrogen and oxygen atoms in total. The summed E-state index contributed by atoms with van der Waals surface area (Å²) >= 11 is 1.74. The molecule has 6 aromatic rings. The predicted octanol–water partition coefficient (Wildman–Crippen LogP) is 20.4. The van der Waals surface area contributed by atoms with Crippen molar-refractivity contribution < 1.29 is 85.6 Å². The molecule has 5 aliphatic rings. The molecule has 1 atom stereocenters. The van der Waals surface area contributed by atoms with Crippen LogP contribution in [0.4, 0.5) is 26.3 Å². The van der Waals surface area contributed by atoms with Gasteiger partial charge in [0.15, 0.2) is 9.84 Å². The highest BCUT2D eigenvalue weighted by atomic mass is 32.2. The Morgan fingerprint density at radius 3 is 1.10 bits per heavy atom. The highest BCUT2D eigenvalue weighted by Crippen LogP contribution is 2.24. The fourth-order valence-electron chi connectivity index (χ4n) is 11.6. The molecule has 6 aromatic carbocycles. The molecule has 0 saturated carbocycles. The lowest BCUT2D eigenvalue weighted by Crippen LogP contribution is -2.44. The maximum atomic E-state index is 12.5. The van der Waals surface area contributed by atoms with Crippen molar-refractivity contribution in [2.24, 2.45) is 5.92 Å². The Balaban J connectivity index is 0.000000661. The van der Waals surface area contributed by atoms with Crippen molar-refractivity contribution in [2.45, 2.75) is 309 Å². The number of halogens is 6. The summed E-state index contributed by atoms with van der Waals surface area (Å²) in [6.45, 7) is 46.0. The molecule has 120 heavy (non-hydrogen) atoms. The first-order chi connectivity index (χ1) is 56.0. The predicted molar refractivity (Wildman–Crippen MR) is 472 cm³/mol. The number of carbonyl (C=O) groups is 6. The second kappa shape index (κ2) is 57.6. The first kappa shape index (κ1) is 110. The first-order valence-corrected chi connectivity index (χ1v) is 46.6. The Morgan fingerprint density at radius 2 is 0.783 bits per heavy atom. The number of sulfone groups is 1. The van der Waals surface area contributed by atoms with E-state index in [1.54, 1.807) is 78.4 Å². The van der Waals surface area contributed by atoms with E-state index in [4.69, 9.17) is 9.47 Å². The van der Waals surface area contributed by atoms with Crippen LogP contribution in [-0.4, -0.2) is 164 Å². The number of nitrogens with zero attached hydrogens (tertiary/aromatic N) is 5. The van der Waals surface area contributed by atoms with Gasteiger partial charge < -0.3 is 19.3 Å². The van der Waals surface area contributed by atoms with Gasteiger partial charge in [-0.15, -0.1) is 11.8 Å². The summed E-state index contributed by atoms with van der Waals surface area (Å²) in [6.07, 6.45) is 9.61. The average Bonchev–Trinajstić information content (AvgIpc) is 1.78. The second-order valence-corrected chi connectivity index (χ2v) is 40.2. The standard InChI is InChI=1S/C10H13FO.C10H13F.C9H11FO2S.C9H11FOS.C9H11FO.C9H11FS.C8H13NO2.C8H15NO.C7H11NO2.C7H13NO.C6H13NO2S/c1-8(2)12-7-9-3-5-10(11)6-4-9;1-8(2)7-9-3-5-10(11)6-4-9;1-7(2)13(11,12)9-5-3-8(10)4-6-9;1-7(2)12(11)9-5-3-8(10)4-6-9;2*1-7(2)11-9-5-3-8(10)4-6-9;1-6(2)9-7(10)4-3-5-8(9)11;1-7(2)9-6-4-3-5-8(9)10;1-5(2)8-6(9)3-4-7(8)10;1-6(2)8-5-3-4-7(8)9;1-6(2)7-4-3-5-10(7,8)9/h3-6,8H,7H2,1-2H3;3-6,8H,7H2,1-2H3;3-7H,1-2H3;3-7H,1-2H3;2*3-7H,1-2H3;6H,3-5H2,1-2H3;7H,3-6H2,1-2H3;5H,3-4H2,1-2H3;6H,3-5H2,1-2H3;6H,3-5H2,1-2H3. The molecule has 0 radical (unpaired) electrons. The Hall–Kier alpha value is -7.76. The number of amides is 6. The maximum absolute atomic E-state index is 12.5. The van der Waals surface area contributed by atoms with E-state index in [2.05, 4.69) is 55.4 Å². The lowest BCUT2D eigenvalue weighted by atomic mass is 10.0. The number of piperidine rings is 2. The molecule has 0 spiro atoms. The molecular formula is C92H135F6N5O13S4. The van der Waals surface area contributed by atoms with Crippen LogP contribution in [0.1, 0.15) is 234 Å². The highest BCUT2D eigenvalue weighted by molar-refractivity contribution is 7.99. The largest absolute Gasteiger partial charge is 0.491 e. The van der Waals surface area contributed by atoms with Gasteiger partial charge in [0, 0.05) is 109 Å². The van der Waals surface area contributed by atoms with E-state index in [0.717, 1.165) is 80.6 Å². The van der Waals surface area contributed by atoms with Gasteiger partial charge in [-0.25, -0.2) is 43.2 Å². The number of thioether (sulfide) groups is 1. The number of ether oxygens (including phenoxy) is 2. The van der Waals surface area contributed by atoms with E-state index < -0.39 is 41.7 Å². The third-order valence-corrected chi connectivity index (χ3v) is 24.4. The minimum absolute atomic E-state index is 0.0174. The van der Waals surface area contributed by atoms with Crippen LogP contribution in [0.5, 0.6) is 5.75 Å². The lowest BCUT2D eigenvalue weighted by molar-refractivity contribution is -0.150. The topological polar surface area (TPSA) is 222 Å². The third-order valence-electron chi connectivity index (χ3n) is 17.5. The molecule has 0 aromatic heterocycles. The molecule has 28 heteroatoms. The van der Waals surface area contributed by atoms with E-state index in [0.29, 0.717) is 90.3 Å². The van der Waals surface area contributed by atoms with Gasteiger partial charge in [-0.2, -0.15) is 4.31 Å². The van der Waals surface area contributed by atoms with E-state index in [9.17, 15) is 76.2 Å². The van der Waals surface area contributed by atoms with Crippen LogP contribution < -0.4 is 4.74 Å². The Bertz CT molecular complexity index is 4050. The molecule has 1 unspecified atom stereocenters. The maximum Gasteiger partial charge on any atom is 0.229 e. The van der Waals surface area contributed by atoms with Gasteiger partial charge in [0.1, 0.15) is 40.7 Å². The van der Waals surface area contributed by atoms with Gasteiger partial charge in [0.05, 0.1) is 45.5 Å². The highest BCUT2D eigenvalue weighted by Gasteiger charge is 2.32. The van der Waals surface area contributed by atoms with E-state index in [1.165, 1.54) is 94.6 Å². The fourth-order valence-corrected chi connectivity index (χ4v) is 16.2. The van der Waals surface area contributed by atoms with Gasteiger partial charge in [-0.3, -0.25) is 42.8 Å². The van der Waals surface area contributed by atoms with Gasteiger partial charge >= 0.3 is 0 Å². The van der Waals surface area contributed by atoms with Gasteiger partial charge in [0.25, 0.3) is 0 Å². The van der Waals surface area contributed by atoms with Crippen LogP contribution in [0, 0.1) is 40.8 Å². The van der Waals surface area contributed by atoms with Crippen molar-refractivity contribution in [2.75, 3.05) is 25.4 Å². The van der Waals surface area contributed by atoms with Gasteiger partial charge in [0.2, 0.25) is 45.5 Å². The van der Waals surface area contributed by atoms with Crippen LogP contribution in [0.3, 0.4) is 0 Å². The number of sulfonamides is 1. The summed E-state index contributed by atoms with van der Waals surface area (Å²) in [4.78, 5) is 74.8. The summed E-state index contributed by atoms with van der Waals surface area (Å²) in [7, 11) is -7.12. The summed E-state index contributed by atoms with van der Waals surface area (Å²) in [5.41, 5.74) is 2.21. The summed E-state index contributed by atoms with van der Waals surface area (Å²) in [6, 6.07) is 37.3. The molecule has 672 valence electrons. The average molecular weight is 1760 g/mol. The minimum atomic E-state index is -3.26. The number of hydrogen-bond donors (Lipinski definition) is 0. The van der Waals surface area contributed by atoms with Crippen LogP contribution in [0.15, 0.2) is 160 Å². The van der Waals surface area contributed by atoms with Crippen LogP contribution in [-0.2, 0) is 77.2 Å². The van der Waals surface area contributed by atoms with Crippen molar-refractivity contribution >= 4 is 77.9 Å². The quantitative estimate of drug-likeness (QED) is 0.0338. The van der Waals surface area contributed by atoms with Gasteiger partial charge in [-0.1, -0.05) is 65.8 Å². The summed E-state index contributed by atoms with van der Waals surface area (Å²) < 4.78 is 144. The van der Waals surface area contributed by atoms with Crippen molar-refractivity contribution in [1.29, 1.82) is 0 Å². The van der Waals surface area contributed by atoms with Crippen molar-refractivity contribution in [1.82, 2.24) is 23.9 Å². The number of hydrogen-bond acceptors (Lipinski definition) is 14. The van der Waals surface area contributed by atoms with Crippen molar-refractivity contribution in [3.63, 3.8) is 0 Å². The molecule has 0 aliphatic carbocycles. The van der Waals surface area contributed by atoms with Crippen LogP contribution in [0.25, 0.3) is 0 Å². The van der Waals surface area contributed by atoms with Crippen molar-refractivity contribution in [3.8, 4) is 5.75 Å². The molecule has 5 heterocycles. The number of carbonyl (C=O) groups excluding carboxylic acids is 6. The molecule has 5 fully saturated rings. The van der Waals surface area contributed by atoms with Gasteiger partial charge in [-0.05, 0) is 288 Å². The number of benzene rings is 6. The van der Waals surface area contributed by atoms with Crippen molar-refractivity contribution in [3.05, 3.63) is 192 Å². The monoisotopic (exact) mass is 1760 g/mol. The Labute approximate surface area is 720 Å². The zero-order valence-corrected chi connectivity index (χ0v) is 77.9. The third kappa shape index (κ3) is 45.4. The molecule has 0 bridgehead atoms. The Morgan fingerprint density at radius 1 is 0.408 bits per heavy atom. The zero-order chi connectivity index (χ0) is 91.3. The zero-order valence-electron chi connectivity index (χ0n) is 74.7. The molecule has 6 amide bonds. The molecule has 5 aliphatic heterocycles. The first-order valence-electron chi connectivity index (χ1n) is 41.4. The molecule has 5 saturated heterocycles. The molecule has 11 rings (SSSR count). The van der Waals surface area contributed by atoms with Crippen LogP contribution >= 0.6 is 11.8 Å². The molecular weight excluding hydrogens is 1630 g/mol. The minimum Gasteiger partial charge on any atom is -0.491 e. The fraction of sp³-hybridized carbons (Fsp3) is 0.543. The number of rotatable bonds is 18. The van der Waals surface area contributed by atoms with Crippen LogP contribution in [0.2, 0.25) is 0 Å². The normalized spacial score (nSPS) is 15.3. The summed E-state index contributed by atoms with van der Waals surface area (Å²) in [5, 5.41) is 0.161. The Kier molecular flexibility index (Phi) is 52.9. The number of likely N-dealkylation sites (tertiary alicyclic amines) is 4. The van der Waals surface area contributed by atoms with E-state index in [1.807, 2.05) is 105 Å².